The topological polar surface area (TPSA) is 78.9 Å². The van der Waals surface area contributed by atoms with Crippen LogP contribution in [0.5, 0.6) is 0 Å². The van der Waals surface area contributed by atoms with Crippen molar-refractivity contribution in [3.05, 3.63) is 122 Å². The molecular formula is C58H92O6. The van der Waals surface area contributed by atoms with Crippen molar-refractivity contribution in [1.29, 1.82) is 0 Å². The summed E-state index contributed by atoms with van der Waals surface area (Å²) in [7, 11) is 0. The minimum absolute atomic E-state index is 0.112. The van der Waals surface area contributed by atoms with Gasteiger partial charge in [-0.05, 0) is 89.9 Å². The number of unbranched alkanes of at least 4 members (excludes halogenated alkanes) is 20. The number of hydrogen-bond acceptors (Lipinski definition) is 6. The average molecular weight is 885 g/mol. The second-order valence-electron chi connectivity index (χ2n) is 16.6. The van der Waals surface area contributed by atoms with E-state index in [4.69, 9.17) is 14.2 Å². The third-order valence-electron chi connectivity index (χ3n) is 10.4. The van der Waals surface area contributed by atoms with Crippen LogP contribution in [0.1, 0.15) is 207 Å². The summed E-state index contributed by atoms with van der Waals surface area (Å²) in [6.45, 7) is 6.34. The number of hydrogen-bond donors (Lipinski definition) is 0. The summed E-state index contributed by atoms with van der Waals surface area (Å²) in [5.74, 6) is -0.992. The van der Waals surface area contributed by atoms with E-state index in [2.05, 4.69) is 106 Å². The van der Waals surface area contributed by atoms with E-state index < -0.39 is 6.10 Å². The fourth-order valence-electron chi connectivity index (χ4n) is 6.51. The minimum Gasteiger partial charge on any atom is -0.462 e. The lowest BCUT2D eigenvalue weighted by Gasteiger charge is -2.18. The van der Waals surface area contributed by atoms with Gasteiger partial charge >= 0.3 is 17.9 Å². The van der Waals surface area contributed by atoms with Gasteiger partial charge in [-0.2, -0.15) is 0 Å². The first-order chi connectivity index (χ1) is 31.5. The van der Waals surface area contributed by atoms with Crippen molar-refractivity contribution in [2.24, 2.45) is 0 Å². The highest BCUT2D eigenvalue weighted by Gasteiger charge is 2.19. The Hall–Kier alpha value is -4.19. The number of esters is 3. The molecule has 6 heteroatoms. The summed E-state index contributed by atoms with van der Waals surface area (Å²) in [5.41, 5.74) is 0. The molecule has 360 valence electrons. The van der Waals surface area contributed by atoms with Crippen molar-refractivity contribution < 1.29 is 28.6 Å². The van der Waals surface area contributed by atoms with Crippen LogP contribution in [0, 0.1) is 0 Å². The molecule has 0 rings (SSSR count). The molecule has 6 nitrogen and oxygen atoms in total. The summed E-state index contributed by atoms with van der Waals surface area (Å²) in [6, 6.07) is 0. The summed E-state index contributed by atoms with van der Waals surface area (Å²) in [4.78, 5) is 38.0. The quantitative estimate of drug-likeness (QED) is 0.0262. The zero-order valence-electron chi connectivity index (χ0n) is 41.0. The van der Waals surface area contributed by atoms with Crippen molar-refractivity contribution in [3.8, 4) is 0 Å². The van der Waals surface area contributed by atoms with E-state index in [1.807, 2.05) is 36.5 Å². The van der Waals surface area contributed by atoms with Gasteiger partial charge < -0.3 is 14.2 Å². The minimum atomic E-state index is -0.813. The Morgan fingerprint density at radius 1 is 0.328 bits per heavy atom. The predicted octanol–water partition coefficient (Wildman–Crippen LogP) is 16.9. The van der Waals surface area contributed by atoms with E-state index in [-0.39, 0.29) is 31.1 Å². The number of ether oxygens (including phenoxy) is 3. The Labute approximate surface area is 392 Å². The molecule has 0 radical (unpaired) electrons. The zero-order valence-corrected chi connectivity index (χ0v) is 41.0. The molecule has 0 aliphatic carbocycles. The normalized spacial score (nSPS) is 13.1. The number of allylic oxidation sites excluding steroid dienone is 20. The van der Waals surface area contributed by atoms with Crippen LogP contribution >= 0.6 is 0 Å². The largest absolute Gasteiger partial charge is 0.462 e. The van der Waals surface area contributed by atoms with Crippen molar-refractivity contribution in [2.75, 3.05) is 13.2 Å². The summed E-state index contributed by atoms with van der Waals surface area (Å²) in [5, 5.41) is 0. The molecule has 0 aromatic heterocycles. The maximum atomic E-state index is 12.8. The monoisotopic (exact) mass is 885 g/mol. The molecule has 0 saturated heterocycles. The van der Waals surface area contributed by atoms with Gasteiger partial charge in [0.15, 0.2) is 6.10 Å². The number of rotatable bonds is 44. The lowest BCUT2D eigenvalue weighted by Crippen LogP contribution is -2.30. The number of carbonyl (C=O) groups excluding carboxylic acids is 3. The van der Waals surface area contributed by atoms with E-state index in [1.165, 1.54) is 51.4 Å². The molecule has 0 fully saturated rings. The van der Waals surface area contributed by atoms with Gasteiger partial charge in [0.1, 0.15) is 13.2 Å². The van der Waals surface area contributed by atoms with Crippen LogP contribution in [0.15, 0.2) is 122 Å². The van der Waals surface area contributed by atoms with E-state index in [0.29, 0.717) is 19.3 Å². The zero-order chi connectivity index (χ0) is 46.5. The third kappa shape index (κ3) is 48.8. The molecule has 1 unspecified atom stereocenters. The first-order valence-corrected chi connectivity index (χ1v) is 25.7. The summed E-state index contributed by atoms with van der Waals surface area (Å²) < 4.78 is 16.7. The molecule has 0 saturated carbocycles. The Balaban J connectivity index is 4.53. The average Bonchev–Trinajstić information content (AvgIpc) is 3.29. The fourth-order valence-corrected chi connectivity index (χ4v) is 6.51. The van der Waals surface area contributed by atoms with E-state index in [1.54, 1.807) is 0 Å². The van der Waals surface area contributed by atoms with Crippen LogP contribution in [-0.2, 0) is 28.6 Å². The summed E-state index contributed by atoms with van der Waals surface area (Å²) >= 11 is 0. The molecule has 0 spiro atoms. The molecule has 0 aliphatic rings. The smallest absolute Gasteiger partial charge is 0.306 e. The van der Waals surface area contributed by atoms with Gasteiger partial charge in [0, 0.05) is 19.3 Å². The lowest BCUT2D eigenvalue weighted by atomic mass is 10.1. The van der Waals surface area contributed by atoms with E-state index in [0.717, 1.165) is 116 Å². The Morgan fingerprint density at radius 3 is 0.984 bits per heavy atom. The van der Waals surface area contributed by atoms with Crippen LogP contribution in [0.2, 0.25) is 0 Å². The van der Waals surface area contributed by atoms with Gasteiger partial charge in [-0.3, -0.25) is 14.4 Å². The first-order valence-electron chi connectivity index (χ1n) is 25.7. The summed E-state index contributed by atoms with van der Waals surface area (Å²) in [6.07, 6.45) is 70.3. The molecule has 64 heavy (non-hydrogen) atoms. The van der Waals surface area contributed by atoms with Gasteiger partial charge in [0.2, 0.25) is 0 Å². The highest BCUT2D eigenvalue weighted by atomic mass is 16.6. The van der Waals surface area contributed by atoms with Crippen LogP contribution < -0.4 is 0 Å². The maximum absolute atomic E-state index is 12.8. The van der Waals surface area contributed by atoms with Crippen LogP contribution in [0.3, 0.4) is 0 Å². The van der Waals surface area contributed by atoms with Gasteiger partial charge in [-0.25, -0.2) is 0 Å². The van der Waals surface area contributed by atoms with Crippen molar-refractivity contribution in [3.63, 3.8) is 0 Å². The SMILES string of the molecule is CC/C=C/C=C/C=C/C=C/CCCCCC(=O)OCC(COC(=O)CCCCCCC/C=C/C=C/C=C/C=C/CCCCC)OC(=O)CCCCCCCC/C=C/C=C/CCCCC. The molecule has 0 amide bonds. The lowest BCUT2D eigenvalue weighted by molar-refractivity contribution is -0.167. The maximum Gasteiger partial charge on any atom is 0.306 e. The Kier molecular flexibility index (Phi) is 48.1. The highest BCUT2D eigenvalue weighted by molar-refractivity contribution is 5.71. The standard InChI is InChI=1S/C58H92O6/c1-4-7-10-13-16-19-22-25-27-28-29-31-33-36-39-42-45-48-51-57(60)63-54-55(53-62-56(59)50-47-44-41-38-35-32-24-21-18-15-12-9-6-3)64-58(61)52-49-46-43-40-37-34-30-26-23-20-17-14-11-8-5-2/h9,12,15-29,31-32,35,55H,4-8,10-11,13-14,30,33-34,36-54H2,1-3H3/b12-9+,18-15+,19-16+,20-17+,24-21+,25-22+,26-23+,28-27+,31-29+,35-32+. The highest BCUT2D eigenvalue weighted by Crippen LogP contribution is 2.13. The molecule has 0 bridgehead atoms. The van der Waals surface area contributed by atoms with E-state index >= 15 is 0 Å². The fraction of sp³-hybridized carbons (Fsp3) is 0.603. The van der Waals surface area contributed by atoms with Crippen LogP contribution in [-0.4, -0.2) is 37.2 Å². The van der Waals surface area contributed by atoms with Crippen LogP contribution in [0.4, 0.5) is 0 Å². The molecular weight excluding hydrogens is 793 g/mol. The van der Waals surface area contributed by atoms with Crippen molar-refractivity contribution in [1.82, 2.24) is 0 Å². The predicted molar refractivity (Wildman–Crippen MR) is 274 cm³/mol. The van der Waals surface area contributed by atoms with Crippen molar-refractivity contribution in [2.45, 2.75) is 213 Å². The number of carbonyl (C=O) groups is 3. The van der Waals surface area contributed by atoms with Gasteiger partial charge in [0.05, 0.1) is 0 Å². The molecule has 0 heterocycles. The molecule has 1 atom stereocenters. The van der Waals surface area contributed by atoms with Crippen molar-refractivity contribution >= 4 is 17.9 Å². The van der Waals surface area contributed by atoms with Gasteiger partial charge in [0.25, 0.3) is 0 Å². The Bertz CT molecular complexity index is 1390. The van der Waals surface area contributed by atoms with Gasteiger partial charge in [-0.1, -0.05) is 219 Å². The molecule has 0 aromatic carbocycles. The second kappa shape index (κ2) is 51.4. The third-order valence-corrected chi connectivity index (χ3v) is 10.4. The van der Waals surface area contributed by atoms with E-state index in [9.17, 15) is 14.4 Å². The molecule has 0 aromatic rings. The first kappa shape index (κ1) is 59.8. The Morgan fingerprint density at radius 2 is 0.609 bits per heavy atom. The second-order valence-corrected chi connectivity index (χ2v) is 16.6. The molecule has 0 aliphatic heterocycles. The van der Waals surface area contributed by atoms with Crippen LogP contribution in [0.25, 0.3) is 0 Å². The van der Waals surface area contributed by atoms with Gasteiger partial charge in [-0.15, -0.1) is 0 Å². The molecule has 0 N–H and O–H groups in total.